The van der Waals surface area contributed by atoms with Gasteiger partial charge in [-0.2, -0.15) is 0 Å². The van der Waals surface area contributed by atoms with E-state index in [1.165, 1.54) is 30.3 Å². The number of aliphatic hydroxyl groups is 1. The lowest BCUT2D eigenvalue weighted by Gasteiger charge is -2.46. The maximum Gasteiger partial charge on any atom is 0.421 e. The van der Waals surface area contributed by atoms with Crippen LogP contribution in [0.25, 0.3) is 11.0 Å². The second-order valence-electron chi connectivity index (χ2n) is 16.7. The Balaban J connectivity index is 1.20. The number of amides is 3. The number of rotatable bonds is 11. The number of ether oxygens (including phenoxy) is 3. The summed E-state index contributed by atoms with van der Waals surface area (Å²) in [4.78, 5) is 74.1. The van der Waals surface area contributed by atoms with Crippen LogP contribution in [0.1, 0.15) is 51.6 Å². The molecule has 0 bridgehead atoms. The van der Waals surface area contributed by atoms with Gasteiger partial charge in [-0.05, 0) is 70.8 Å². The molecule has 3 N–H and O–H groups in total. The Kier molecular flexibility index (Phi) is 11.6. The van der Waals surface area contributed by atoms with Crippen molar-refractivity contribution in [3.63, 3.8) is 0 Å². The molecule has 69 heavy (non-hydrogen) atoms. The Hall–Kier alpha value is -8.72. The van der Waals surface area contributed by atoms with Gasteiger partial charge in [-0.15, -0.1) is 5.10 Å². The topological polar surface area (TPSA) is 223 Å². The summed E-state index contributed by atoms with van der Waals surface area (Å²) in [7, 11) is 0. The summed E-state index contributed by atoms with van der Waals surface area (Å²) in [6.07, 6.45) is -2.12. The van der Waals surface area contributed by atoms with Crippen molar-refractivity contribution in [1.82, 2.24) is 19.9 Å². The Morgan fingerprint density at radius 3 is 2.28 bits per heavy atom. The van der Waals surface area contributed by atoms with Crippen LogP contribution >= 0.6 is 0 Å². The average molecular weight is 924 g/mol. The molecule has 3 aliphatic heterocycles. The smallest absolute Gasteiger partial charge is 0.421 e. The highest BCUT2D eigenvalue weighted by Crippen LogP contribution is 2.66. The number of nitro benzene ring substituents is 1. The zero-order valence-electron chi connectivity index (χ0n) is 36.5. The van der Waals surface area contributed by atoms with Crippen LogP contribution in [-0.2, 0) is 42.4 Å². The third kappa shape index (κ3) is 7.57. The lowest BCUT2D eigenvalue weighted by Crippen LogP contribution is -2.55. The molecule has 6 atom stereocenters. The van der Waals surface area contributed by atoms with Gasteiger partial charge < -0.3 is 25.1 Å². The molecule has 6 aromatic carbocycles. The number of cyclic esters (lactones) is 1. The first-order chi connectivity index (χ1) is 33.6. The van der Waals surface area contributed by atoms with Crippen LogP contribution in [0.4, 0.5) is 16.2 Å². The van der Waals surface area contributed by atoms with Gasteiger partial charge in [-0.25, -0.2) is 14.4 Å². The van der Waals surface area contributed by atoms with Crippen molar-refractivity contribution >= 4 is 46.3 Å². The molecule has 2 saturated heterocycles. The molecule has 3 aliphatic rings. The van der Waals surface area contributed by atoms with E-state index in [-0.39, 0.29) is 49.1 Å². The number of nitrogens with zero attached hydrogens (tertiary/aromatic N) is 6. The number of hydrogen-bond donors (Lipinski definition) is 2. The molecule has 17 heteroatoms. The number of anilines is 1. The van der Waals surface area contributed by atoms with Crippen LogP contribution < -0.4 is 15.4 Å². The van der Waals surface area contributed by atoms with Crippen molar-refractivity contribution in [2.45, 2.75) is 42.8 Å². The van der Waals surface area contributed by atoms with Gasteiger partial charge in [0.05, 0.1) is 40.7 Å². The standard InChI is InChI=1S/C52H41N7O10/c53-48(61)43-45-49(62)69-46(35-15-5-2-6-16-35)44(34-13-3-1-4-14-34)58(45)47(37-17-7-10-20-42(37)67-29-28-60)52(43)38-30-32(12-11-27-56-41-19-9-8-18-39(41)54-55-56)23-26-40(38)57(50(52)63)51(64)68-31-33-21-24-36(25-22-33)59(65)66/h1-10,13-26,30,43-47,60H,27-29,31H2,(H2,53,61). The number of primary amides is 1. The zero-order valence-corrected chi connectivity index (χ0v) is 36.5. The van der Waals surface area contributed by atoms with E-state index in [0.29, 0.717) is 33.3 Å². The highest BCUT2D eigenvalue weighted by atomic mass is 16.6. The summed E-state index contributed by atoms with van der Waals surface area (Å²) in [5.74, 6) is 2.04. The number of fused-ring (bicyclic) bond motifs is 4. The van der Waals surface area contributed by atoms with Crippen LogP contribution in [0.5, 0.6) is 5.75 Å². The molecule has 0 aliphatic carbocycles. The van der Waals surface area contributed by atoms with E-state index in [2.05, 4.69) is 22.2 Å². The van der Waals surface area contributed by atoms with Crippen molar-refractivity contribution in [3.05, 3.63) is 195 Å². The van der Waals surface area contributed by atoms with E-state index < -0.39 is 64.4 Å². The van der Waals surface area contributed by atoms with E-state index in [1.807, 2.05) is 84.9 Å². The lowest BCUT2D eigenvalue weighted by atomic mass is 9.65. The molecular weight excluding hydrogens is 883 g/mol. The van der Waals surface area contributed by atoms with Gasteiger partial charge >= 0.3 is 12.1 Å². The first-order valence-corrected chi connectivity index (χ1v) is 22.0. The highest BCUT2D eigenvalue weighted by Gasteiger charge is 2.76. The van der Waals surface area contributed by atoms with Crippen molar-refractivity contribution in [2.24, 2.45) is 11.7 Å². The van der Waals surface area contributed by atoms with E-state index >= 15 is 9.59 Å². The Morgan fingerprint density at radius 1 is 0.855 bits per heavy atom. The van der Waals surface area contributed by atoms with Gasteiger partial charge in [-0.3, -0.25) is 29.4 Å². The maximum atomic E-state index is 16.3. The SMILES string of the molecule is NC(=O)C1C2C(=O)OC(c3ccccc3)C(c3ccccc3)N2C(c2ccccc2OCCO)C12C(=O)N(C(=O)OCc1ccc([N+](=O)[O-])cc1)c1ccc(C#CCn3nnc4ccccc43)cc12. The fraction of sp³-hybridized carbons (Fsp3) is 0.192. The van der Waals surface area contributed by atoms with Crippen molar-refractivity contribution in [1.29, 1.82) is 0 Å². The molecule has 3 amide bonds. The number of hydrogen-bond acceptors (Lipinski definition) is 13. The minimum Gasteiger partial charge on any atom is -0.491 e. The molecule has 1 aromatic heterocycles. The Morgan fingerprint density at radius 2 is 1.55 bits per heavy atom. The number of aromatic nitrogens is 3. The Bertz CT molecular complexity index is 3210. The monoisotopic (exact) mass is 923 g/mol. The Labute approximate surface area is 393 Å². The predicted octanol–water partition coefficient (Wildman–Crippen LogP) is 6.25. The van der Waals surface area contributed by atoms with Crippen molar-refractivity contribution in [2.75, 3.05) is 18.1 Å². The number of imide groups is 1. The highest BCUT2D eigenvalue weighted by molar-refractivity contribution is 6.23. The van der Waals surface area contributed by atoms with Gasteiger partial charge in [-0.1, -0.05) is 108 Å². The van der Waals surface area contributed by atoms with E-state index in [0.717, 1.165) is 10.4 Å². The molecule has 344 valence electrons. The number of non-ortho nitro benzene ring substituents is 1. The molecule has 6 unspecified atom stereocenters. The van der Waals surface area contributed by atoms with Gasteiger partial charge in [0, 0.05) is 23.3 Å². The third-order valence-corrected chi connectivity index (χ3v) is 12.9. The second-order valence-corrected chi connectivity index (χ2v) is 16.7. The first kappa shape index (κ1) is 44.1. The molecule has 2 fully saturated rings. The van der Waals surface area contributed by atoms with Gasteiger partial charge in [0.2, 0.25) is 11.8 Å². The number of esters is 1. The summed E-state index contributed by atoms with van der Waals surface area (Å²) in [5.41, 5.74) is 8.20. The van der Waals surface area contributed by atoms with E-state index in [1.54, 1.807) is 46.0 Å². The predicted molar refractivity (Wildman–Crippen MR) is 248 cm³/mol. The van der Waals surface area contributed by atoms with Crippen LogP contribution in [-0.4, -0.2) is 73.1 Å². The molecule has 0 radical (unpaired) electrons. The molecule has 10 rings (SSSR count). The van der Waals surface area contributed by atoms with Crippen LogP contribution in [0.15, 0.2) is 152 Å². The first-order valence-electron chi connectivity index (χ1n) is 22.0. The summed E-state index contributed by atoms with van der Waals surface area (Å²) in [5, 5.41) is 29.8. The second kappa shape index (κ2) is 18.2. The largest absolute Gasteiger partial charge is 0.491 e. The lowest BCUT2D eigenvalue weighted by molar-refractivity contribution is -0.384. The van der Waals surface area contributed by atoms with E-state index in [9.17, 15) is 24.8 Å². The number of nitrogens with two attached hydrogens (primary N) is 1. The van der Waals surface area contributed by atoms with E-state index in [4.69, 9.17) is 19.9 Å². The van der Waals surface area contributed by atoms with Crippen LogP contribution in [0, 0.1) is 27.9 Å². The third-order valence-electron chi connectivity index (χ3n) is 12.9. The van der Waals surface area contributed by atoms with Crippen LogP contribution in [0.3, 0.4) is 0 Å². The fourth-order valence-electron chi connectivity index (χ4n) is 10.1. The molecule has 0 saturated carbocycles. The minimum absolute atomic E-state index is 0.0376. The number of aliphatic hydroxyl groups excluding tert-OH is 1. The maximum absolute atomic E-state index is 16.3. The number of nitro groups is 1. The number of carbonyl (C=O) groups is 4. The zero-order chi connectivity index (χ0) is 47.8. The molecule has 17 nitrogen and oxygen atoms in total. The summed E-state index contributed by atoms with van der Waals surface area (Å²) < 4.78 is 20.1. The number of para-hydroxylation sites is 2. The number of morpholine rings is 1. The molecule has 7 aromatic rings. The van der Waals surface area contributed by atoms with Crippen molar-refractivity contribution in [3.8, 4) is 17.6 Å². The molecule has 1 spiro atoms. The fourth-order valence-corrected chi connectivity index (χ4v) is 10.1. The summed E-state index contributed by atoms with van der Waals surface area (Å²) in [6, 6.07) is 39.0. The quantitative estimate of drug-likeness (QED) is 0.0635. The number of benzene rings is 6. The number of carbonyl (C=O) groups excluding carboxylic acids is 4. The minimum atomic E-state index is -2.20. The van der Waals surface area contributed by atoms with Crippen LogP contribution in [0.2, 0.25) is 0 Å². The van der Waals surface area contributed by atoms with Gasteiger partial charge in [0.25, 0.3) is 5.69 Å². The average Bonchev–Trinajstić information content (AvgIpc) is 4.01. The summed E-state index contributed by atoms with van der Waals surface area (Å²) >= 11 is 0. The molecule has 4 heterocycles. The van der Waals surface area contributed by atoms with Gasteiger partial charge in [0.1, 0.15) is 48.6 Å². The summed E-state index contributed by atoms with van der Waals surface area (Å²) in [6.45, 7) is -0.771. The molecular formula is C52H41N7O10. The van der Waals surface area contributed by atoms with Gasteiger partial charge in [0.15, 0.2) is 0 Å². The normalized spacial score (nSPS) is 21.5. The van der Waals surface area contributed by atoms with Crippen molar-refractivity contribution < 1.29 is 43.4 Å².